The molecule has 0 N–H and O–H groups in total. The molecule has 0 aliphatic carbocycles. The van der Waals surface area contributed by atoms with E-state index in [2.05, 4.69) is 23.7 Å². The third-order valence-corrected chi connectivity index (χ3v) is 3.18. The van der Waals surface area contributed by atoms with Crippen LogP contribution in [-0.4, -0.2) is 34.8 Å². The zero-order chi connectivity index (χ0) is 11.7. The first-order chi connectivity index (χ1) is 7.58. The summed E-state index contributed by atoms with van der Waals surface area (Å²) in [6.07, 6.45) is 2.53. The fourth-order valence-electron chi connectivity index (χ4n) is 2.09. The molecule has 4 nitrogen and oxygen atoms in total. The summed E-state index contributed by atoms with van der Waals surface area (Å²) in [4.78, 5) is 17.8. The quantitative estimate of drug-likeness (QED) is 0.734. The van der Waals surface area contributed by atoms with E-state index < -0.39 is 0 Å². The van der Waals surface area contributed by atoms with E-state index >= 15 is 0 Å². The number of rotatable bonds is 3. The second kappa shape index (κ2) is 4.37. The lowest BCUT2D eigenvalue weighted by atomic mass is 10.1. The highest BCUT2D eigenvalue weighted by Gasteiger charge is 2.28. The van der Waals surface area contributed by atoms with Crippen LogP contribution < -0.4 is 0 Å². The lowest BCUT2D eigenvalue weighted by molar-refractivity contribution is 0.101. The number of nitrogens with zero attached hydrogens (tertiary/aromatic N) is 2. The van der Waals surface area contributed by atoms with Crippen LogP contribution in [0.15, 0.2) is 10.7 Å². The SMILES string of the molecule is CC(=O)c1coc(C2CCN(C(C)C)C2)n1. The molecular formula is C12H18N2O2. The van der Waals surface area contributed by atoms with E-state index in [0.717, 1.165) is 19.5 Å². The van der Waals surface area contributed by atoms with Crippen LogP contribution in [0.25, 0.3) is 0 Å². The van der Waals surface area contributed by atoms with Gasteiger partial charge in [-0.3, -0.25) is 4.79 Å². The Kier molecular flexibility index (Phi) is 3.10. The van der Waals surface area contributed by atoms with Gasteiger partial charge in [0, 0.05) is 25.4 Å². The Morgan fingerprint density at radius 1 is 1.62 bits per heavy atom. The molecule has 0 amide bonds. The Bertz CT molecular complexity index is 384. The molecule has 1 unspecified atom stereocenters. The van der Waals surface area contributed by atoms with E-state index in [4.69, 9.17) is 4.42 Å². The van der Waals surface area contributed by atoms with Gasteiger partial charge in [-0.15, -0.1) is 0 Å². The lowest BCUT2D eigenvalue weighted by Gasteiger charge is -2.19. The van der Waals surface area contributed by atoms with Crippen molar-refractivity contribution in [1.29, 1.82) is 0 Å². The topological polar surface area (TPSA) is 46.3 Å². The number of carbonyl (C=O) groups excluding carboxylic acids is 1. The zero-order valence-corrected chi connectivity index (χ0v) is 10.1. The Labute approximate surface area is 95.6 Å². The number of aromatic nitrogens is 1. The summed E-state index contributed by atoms with van der Waals surface area (Å²) >= 11 is 0. The molecular weight excluding hydrogens is 204 g/mol. The van der Waals surface area contributed by atoms with Crippen LogP contribution in [0.5, 0.6) is 0 Å². The van der Waals surface area contributed by atoms with Crippen molar-refractivity contribution in [2.45, 2.75) is 39.2 Å². The minimum absolute atomic E-state index is 0.0336. The largest absolute Gasteiger partial charge is 0.448 e. The fraction of sp³-hybridized carbons (Fsp3) is 0.667. The van der Waals surface area contributed by atoms with Crippen molar-refractivity contribution in [3.05, 3.63) is 17.8 Å². The Hall–Kier alpha value is -1.16. The number of Topliss-reactive ketones (excluding diaryl/α,β-unsaturated/α-hetero) is 1. The van der Waals surface area contributed by atoms with Crippen molar-refractivity contribution in [1.82, 2.24) is 9.88 Å². The predicted octanol–water partition coefficient (Wildman–Crippen LogP) is 2.07. The van der Waals surface area contributed by atoms with Crippen LogP contribution in [0.1, 0.15) is 49.5 Å². The van der Waals surface area contributed by atoms with Crippen LogP contribution >= 0.6 is 0 Å². The number of hydrogen-bond acceptors (Lipinski definition) is 4. The average molecular weight is 222 g/mol. The summed E-state index contributed by atoms with van der Waals surface area (Å²) in [6, 6.07) is 0.562. The summed E-state index contributed by atoms with van der Waals surface area (Å²) in [7, 11) is 0. The van der Waals surface area contributed by atoms with E-state index in [1.54, 1.807) is 0 Å². The maximum Gasteiger partial charge on any atom is 0.199 e. The molecule has 1 aromatic rings. The van der Waals surface area contributed by atoms with Gasteiger partial charge in [0.1, 0.15) is 12.0 Å². The van der Waals surface area contributed by atoms with Gasteiger partial charge in [0.2, 0.25) is 0 Å². The molecule has 1 atom stereocenters. The number of oxazole rings is 1. The molecule has 0 spiro atoms. The maximum absolute atomic E-state index is 11.1. The van der Waals surface area contributed by atoms with Gasteiger partial charge in [0.05, 0.1) is 0 Å². The third-order valence-electron chi connectivity index (χ3n) is 3.18. The van der Waals surface area contributed by atoms with Crippen LogP contribution in [-0.2, 0) is 0 Å². The second-order valence-corrected chi connectivity index (χ2v) is 4.70. The third kappa shape index (κ3) is 2.16. The molecule has 4 heteroatoms. The summed E-state index contributed by atoms with van der Waals surface area (Å²) in [5, 5.41) is 0. The molecule has 1 aliphatic rings. The summed E-state index contributed by atoms with van der Waals surface area (Å²) in [5.41, 5.74) is 0.443. The van der Waals surface area contributed by atoms with Crippen molar-refractivity contribution in [3.63, 3.8) is 0 Å². The van der Waals surface area contributed by atoms with Crippen LogP contribution in [0.3, 0.4) is 0 Å². The molecule has 0 aromatic carbocycles. The number of carbonyl (C=O) groups is 1. The van der Waals surface area contributed by atoms with Crippen molar-refractivity contribution >= 4 is 5.78 Å². The van der Waals surface area contributed by atoms with Gasteiger partial charge in [0.25, 0.3) is 0 Å². The number of likely N-dealkylation sites (tertiary alicyclic amines) is 1. The van der Waals surface area contributed by atoms with Gasteiger partial charge in [0.15, 0.2) is 11.7 Å². The van der Waals surface area contributed by atoms with Crippen molar-refractivity contribution in [3.8, 4) is 0 Å². The fourth-order valence-corrected chi connectivity index (χ4v) is 2.09. The normalized spacial score (nSPS) is 21.9. The van der Waals surface area contributed by atoms with E-state index in [9.17, 15) is 4.79 Å². The van der Waals surface area contributed by atoms with Gasteiger partial charge < -0.3 is 9.32 Å². The Morgan fingerprint density at radius 3 is 2.88 bits per heavy atom. The number of hydrogen-bond donors (Lipinski definition) is 0. The first kappa shape index (κ1) is 11.3. The highest BCUT2D eigenvalue weighted by molar-refractivity contribution is 5.91. The van der Waals surface area contributed by atoms with Gasteiger partial charge >= 0.3 is 0 Å². The molecule has 2 heterocycles. The summed E-state index contributed by atoms with van der Waals surface area (Å²) in [6.45, 7) is 7.96. The molecule has 0 bridgehead atoms. The molecule has 0 saturated carbocycles. The molecule has 1 saturated heterocycles. The highest BCUT2D eigenvalue weighted by Crippen LogP contribution is 2.27. The van der Waals surface area contributed by atoms with Gasteiger partial charge in [-0.2, -0.15) is 0 Å². The first-order valence-corrected chi connectivity index (χ1v) is 5.78. The molecule has 1 fully saturated rings. The molecule has 16 heavy (non-hydrogen) atoms. The molecule has 2 rings (SSSR count). The lowest BCUT2D eigenvalue weighted by Crippen LogP contribution is -2.27. The highest BCUT2D eigenvalue weighted by atomic mass is 16.3. The van der Waals surface area contributed by atoms with Gasteiger partial charge in [-0.1, -0.05) is 0 Å². The van der Waals surface area contributed by atoms with Gasteiger partial charge in [-0.25, -0.2) is 4.98 Å². The standard InChI is InChI=1S/C12H18N2O2/c1-8(2)14-5-4-10(6-14)12-13-11(7-16-12)9(3)15/h7-8,10H,4-6H2,1-3H3. The van der Waals surface area contributed by atoms with Gasteiger partial charge in [-0.05, 0) is 26.8 Å². The monoisotopic (exact) mass is 222 g/mol. The second-order valence-electron chi connectivity index (χ2n) is 4.70. The van der Waals surface area contributed by atoms with E-state index in [0.29, 0.717) is 23.5 Å². The van der Waals surface area contributed by atoms with Crippen LogP contribution in [0, 0.1) is 0 Å². The maximum atomic E-state index is 11.1. The Balaban J connectivity index is 2.06. The molecule has 0 radical (unpaired) electrons. The molecule has 1 aliphatic heterocycles. The van der Waals surface area contributed by atoms with Crippen LogP contribution in [0.2, 0.25) is 0 Å². The Morgan fingerprint density at radius 2 is 2.38 bits per heavy atom. The van der Waals surface area contributed by atoms with Crippen molar-refractivity contribution in [2.24, 2.45) is 0 Å². The van der Waals surface area contributed by atoms with E-state index in [1.165, 1.54) is 13.2 Å². The van der Waals surface area contributed by atoms with E-state index in [-0.39, 0.29) is 5.78 Å². The minimum atomic E-state index is -0.0336. The zero-order valence-electron chi connectivity index (χ0n) is 10.1. The summed E-state index contributed by atoms with van der Waals surface area (Å²) in [5.74, 6) is 1.03. The molecule has 1 aromatic heterocycles. The molecule has 88 valence electrons. The minimum Gasteiger partial charge on any atom is -0.448 e. The van der Waals surface area contributed by atoms with Crippen LogP contribution in [0.4, 0.5) is 0 Å². The van der Waals surface area contributed by atoms with Crippen molar-refractivity contribution in [2.75, 3.05) is 13.1 Å². The summed E-state index contributed by atoms with van der Waals surface area (Å²) < 4.78 is 5.38. The average Bonchev–Trinajstić information content (AvgIpc) is 2.86. The first-order valence-electron chi connectivity index (χ1n) is 5.78. The predicted molar refractivity (Wildman–Crippen MR) is 60.6 cm³/mol. The number of ketones is 1. The van der Waals surface area contributed by atoms with Crippen molar-refractivity contribution < 1.29 is 9.21 Å². The van der Waals surface area contributed by atoms with E-state index in [1.807, 2.05) is 0 Å². The smallest absolute Gasteiger partial charge is 0.199 e.